The third kappa shape index (κ3) is 3.15. The summed E-state index contributed by atoms with van der Waals surface area (Å²) in [6, 6.07) is 0. The number of rotatable bonds is 3. The van der Waals surface area contributed by atoms with Crippen molar-refractivity contribution in [3.05, 3.63) is 22.7 Å². The molecule has 2 rings (SSSR count). The number of likely N-dealkylation sites (tertiary alicyclic amines) is 1. The average molecular weight is 312 g/mol. The number of carboxylic acids is 1. The Labute approximate surface area is 128 Å². The molecule has 1 aromatic rings. The molecule has 0 saturated carbocycles. The first-order valence-electron chi connectivity index (χ1n) is 6.85. The molecule has 1 aliphatic rings. The molecule has 21 heavy (non-hydrogen) atoms. The zero-order chi connectivity index (χ0) is 15.7. The largest absolute Gasteiger partial charge is 0.481 e. The molecule has 1 fully saturated rings. The summed E-state index contributed by atoms with van der Waals surface area (Å²) in [5.74, 6) is -1.21. The summed E-state index contributed by atoms with van der Waals surface area (Å²) in [4.78, 5) is 33.5. The number of hydrogen-bond acceptors (Lipinski definition) is 4. The number of carboxylic acid groups (broad SMARTS) is 1. The highest BCUT2D eigenvalue weighted by atomic mass is 35.5. The summed E-state index contributed by atoms with van der Waals surface area (Å²) in [6.45, 7) is 6.26. The molecule has 2 unspecified atom stereocenters. The van der Waals surface area contributed by atoms with Crippen LogP contribution in [-0.2, 0) is 4.79 Å². The van der Waals surface area contributed by atoms with E-state index in [-0.39, 0.29) is 35.0 Å². The molecule has 1 saturated heterocycles. The Bertz CT molecular complexity index is 577. The lowest BCUT2D eigenvalue weighted by molar-refractivity contribution is -0.142. The van der Waals surface area contributed by atoms with Crippen LogP contribution in [0.15, 0.2) is 6.20 Å². The molecule has 114 valence electrons. The van der Waals surface area contributed by atoms with Crippen LogP contribution in [0.3, 0.4) is 0 Å². The van der Waals surface area contributed by atoms with Gasteiger partial charge in [0.25, 0.3) is 5.91 Å². The molecule has 1 aromatic heterocycles. The summed E-state index contributed by atoms with van der Waals surface area (Å²) in [5, 5.41) is 9.33. The molecule has 0 radical (unpaired) electrons. The van der Waals surface area contributed by atoms with Crippen LogP contribution in [-0.4, -0.2) is 44.9 Å². The van der Waals surface area contributed by atoms with Gasteiger partial charge in [-0.15, -0.1) is 0 Å². The lowest BCUT2D eigenvalue weighted by Crippen LogP contribution is -2.31. The predicted molar refractivity (Wildman–Crippen MR) is 77.3 cm³/mol. The Hall–Kier alpha value is -1.69. The van der Waals surface area contributed by atoms with Gasteiger partial charge < -0.3 is 10.0 Å². The van der Waals surface area contributed by atoms with Gasteiger partial charge in [-0.2, -0.15) is 0 Å². The van der Waals surface area contributed by atoms with Crippen molar-refractivity contribution in [2.75, 3.05) is 13.1 Å². The maximum Gasteiger partial charge on any atom is 0.308 e. The number of halogens is 1. The normalized spacial score (nSPS) is 21.9. The third-order valence-electron chi connectivity index (χ3n) is 3.70. The molecular formula is C14H18ClN3O3. The van der Waals surface area contributed by atoms with Crippen molar-refractivity contribution in [1.82, 2.24) is 14.9 Å². The van der Waals surface area contributed by atoms with Gasteiger partial charge >= 0.3 is 5.97 Å². The summed E-state index contributed by atoms with van der Waals surface area (Å²) in [6.07, 6.45) is 1.42. The molecule has 0 aromatic carbocycles. The van der Waals surface area contributed by atoms with Gasteiger partial charge in [0.1, 0.15) is 5.82 Å². The van der Waals surface area contributed by atoms with Crippen LogP contribution in [0.1, 0.15) is 43.0 Å². The Morgan fingerprint density at radius 2 is 2.10 bits per heavy atom. The smallest absolute Gasteiger partial charge is 0.308 e. The molecule has 7 heteroatoms. The highest BCUT2D eigenvalue weighted by Gasteiger charge is 2.38. The molecule has 6 nitrogen and oxygen atoms in total. The summed E-state index contributed by atoms with van der Waals surface area (Å²) in [5.41, 5.74) is 0.147. The maximum atomic E-state index is 12.5. The fraction of sp³-hybridized carbons (Fsp3) is 0.571. The SMILES string of the molecule is CC(C)c1ncc(Cl)c(C(=O)N2CC(C)C(C(=O)O)C2)n1. The fourth-order valence-corrected chi connectivity index (χ4v) is 2.58. The number of aliphatic carboxylic acids is 1. The zero-order valence-electron chi connectivity index (χ0n) is 12.2. The van der Waals surface area contributed by atoms with Crippen LogP contribution >= 0.6 is 11.6 Å². The number of carbonyl (C=O) groups is 2. The number of hydrogen-bond donors (Lipinski definition) is 1. The summed E-state index contributed by atoms with van der Waals surface area (Å²) in [7, 11) is 0. The lowest BCUT2D eigenvalue weighted by Gasteiger charge is -2.16. The van der Waals surface area contributed by atoms with E-state index in [4.69, 9.17) is 16.7 Å². The van der Waals surface area contributed by atoms with Gasteiger partial charge in [0.05, 0.1) is 17.1 Å². The van der Waals surface area contributed by atoms with Crippen LogP contribution in [0.5, 0.6) is 0 Å². The minimum absolute atomic E-state index is 0.0816. The van der Waals surface area contributed by atoms with Gasteiger partial charge in [-0.25, -0.2) is 9.97 Å². The molecule has 0 spiro atoms. The second-order valence-corrected chi connectivity index (χ2v) is 6.12. The van der Waals surface area contributed by atoms with E-state index < -0.39 is 11.9 Å². The number of aromatic nitrogens is 2. The molecule has 0 bridgehead atoms. The maximum absolute atomic E-state index is 12.5. The van der Waals surface area contributed by atoms with Crippen molar-refractivity contribution in [2.24, 2.45) is 11.8 Å². The van der Waals surface area contributed by atoms with E-state index in [1.54, 1.807) is 0 Å². The monoisotopic (exact) mass is 311 g/mol. The van der Waals surface area contributed by atoms with Crippen LogP contribution in [0.25, 0.3) is 0 Å². The predicted octanol–water partition coefficient (Wildman–Crippen LogP) is 2.05. The van der Waals surface area contributed by atoms with Gasteiger partial charge in [-0.3, -0.25) is 9.59 Å². The van der Waals surface area contributed by atoms with E-state index in [2.05, 4.69) is 9.97 Å². The second kappa shape index (κ2) is 5.97. The van der Waals surface area contributed by atoms with Crippen molar-refractivity contribution in [1.29, 1.82) is 0 Å². The van der Waals surface area contributed by atoms with Crippen molar-refractivity contribution in [2.45, 2.75) is 26.7 Å². The summed E-state index contributed by atoms with van der Waals surface area (Å²) >= 11 is 6.02. The van der Waals surface area contributed by atoms with Gasteiger partial charge in [-0.05, 0) is 5.92 Å². The molecule has 1 amide bonds. The van der Waals surface area contributed by atoms with Crippen molar-refractivity contribution < 1.29 is 14.7 Å². The van der Waals surface area contributed by atoms with E-state index in [1.807, 2.05) is 20.8 Å². The number of amides is 1. The van der Waals surface area contributed by atoms with Crippen molar-refractivity contribution in [3.8, 4) is 0 Å². The van der Waals surface area contributed by atoms with E-state index in [1.165, 1.54) is 11.1 Å². The average Bonchev–Trinajstić information content (AvgIpc) is 2.80. The summed E-state index contributed by atoms with van der Waals surface area (Å²) < 4.78 is 0. The highest BCUT2D eigenvalue weighted by Crippen LogP contribution is 2.26. The highest BCUT2D eigenvalue weighted by molar-refractivity contribution is 6.33. The standard InChI is InChI=1S/C14H18ClN3O3/c1-7(2)12-16-4-10(15)11(17-12)13(19)18-5-8(3)9(6-18)14(20)21/h4,7-9H,5-6H2,1-3H3,(H,20,21). The van der Waals surface area contributed by atoms with E-state index in [0.717, 1.165) is 0 Å². The molecule has 1 N–H and O–H groups in total. The molecule has 1 aliphatic heterocycles. The topological polar surface area (TPSA) is 83.4 Å². The van der Waals surface area contributed by atoms with Crippen molar-refractivity contribution >= 4 is 23.5 Å². The Kier molecular flexibility index (Phi) is 4.46. The fourth-order valence-electron chi connectivity index (χ4n) is 2.41. The molecular weight excluding hydrogens is 294 g/mol. The van der Waals surface area contributed by atoms with Gasteiger partial charge in [0.15, 0.2) is 5.69 Å². The Morgan fingerprint density at radius 1 is 1.43 bits per heavy atom. The van der Waals surface area contributed by atoms with Gasteiger partial charge in [0, 0.05) is 19.0 Å². The second-order valence-electron chi connectivity index (χ2n) is 5.71. The number of nitrogens with zero attached hydrogens (tertiary/aromatic N) is 3. The Balaban J connectivity index is 2.25. The van der Waals surface area contributed by atoms with Gasteiger partial charge in [0.2, 0.25) is 0 Å². The van der Waals surface area contributed by atoms with Crippen LogP contribution in [0.4, 0.5) is 0 Å². The van der Waals surface area contributed by atoms with Crippen LogP contribution in [0, 0.1) is 11.8 Å². The van der Waals surface area contributed by atoms with Crippen LogP contribution in [0.2, 0.25) is 5.02 Å². The lowest BCUT2D eigenvalue weighted by atomic mass is 9.99. The number of carbonyl (C=O) groups excluding carboxylic acids is 1. The van der Waals surface area contributed by atoms with E-state index >= 15 is 0 Å². The minimum atomic E-state index is -0.880. The minimum Gasteiger partial charge on any atom is -0.481 e. The zero-order valence-corrected chi connectivity index (χ0v) is 13.0. The molecule has 0 aliphatic carbocycles. The molecule has 2 atom stereocenters. The van der Waals surface area contributed by atoms with Gasteiger partial charge in [-0.1, -0.05) is 32.4 Å². The Morgan fingerprint density at radius 3 is 2.62 bits per heavy atom. The third-order valence-corrected chi connectivity index (χ3v) is 3.98. The first-order chi connectivity index (χ1) is 9.81. The van der Waals surface area contributed by atoms with Crippen LogP contribution < -0.4 is 0 Å². The first-order valence-corrected chi connectivity index (χ1v) is 7.23. The van der Waals surface area contributed by atoms with E-state index in [0.29, 0.717) is 12.4 Å². The molecule has 2 heterocycles. The first kappa shape index (κ1) is 15.7. The van der Waals surface area contributed by atoms with Crippen molar-refractivity contribution in [3.63, 3.8) is 0 Å². The quantitative estimate of drug-likeness (QED) is 0.923. The van der Waals surface area contributed by atoms with E-state index in [9.17, 15) is 9.59 Å².